The SMILES string of the molecule is CCNC(CN1CCCC(C)C1C)C(C)C. The van der Waals surface area contributed by atoms with Crippen molar-refractivity contribution in [1.82, 2.24) is 10.2 Å². The van der Waals surface area contributed by atoms with Crippen molar-refractivity contribution in [3.05, 3.63) is 0 Å². The largest absolute Gasteiger partial charge is 0.313 e. The quantitative estimate of drug-likeness (QED) is 0.775. The van der Waals surface area contributed by atoms with Crippen LogP contribution in [0.1, 0.15) is 47.5 Å². The standard InChI is InChI=1S/C14H30N2/c1-6-15-14(11(2)3)10-16-9-7-8-12(4)13(16)5/h11-15H,6-10H2,1-5H3. The summed E-state index contributed by atoms with van der Waals surface area (Å²) in [6.07, 6.45) is 2.79. The Kier molecular flexibility index (Phi) is 5.77. The van der Waals surface area contributed by atoms with Crippen molar-refractivity contribution in [2.75, 3.05) is 19.6 Å². The Morgan fingerprint density at radius 2 is 2.00 bits per heavy atom. The first kappa shape index (κ1) is 14.0. The van der Waals surface area contributed by atoms with Crippen LogP contribution in [-0.2, 0) is 0 Å². The molecule has 0 aromatic rings. The topological polar surface area (TPSA) is 15.3 Å². The Hall–Kier alpha value is -0.0800. The monoisotopic (exact) mass is 226 g/mol. The molecule has 0 saturated carbocycles. The van der Waals surface area contributed by atoms with Crippen molar-refractivity contribution in [2.45, 2.75) is 59.5 Å². The summed E-state index contributed by atoms with van der Waals surface area (Å²) in [6, 6.07) is 1.41. The van der Waals surface area contributed by atoms with E-state index < -0.39 is 0 Å². The molecule has 1 heterocycles. The van der Waals surface area contributed by atoms with Crippen LogP contribution in [0.4, 0.5) is 0 Å². The molecule has 1 saturated heterocycles. The lowest BCUT2D eigenvalue weighted by molar-refractivity contribution is 0.0947. The smallest absolute Gasteiger partial charge is 0.0217 e. The van der Waals surface area contributed by atoms with Gasteiger partial charge < -0.3 is 5.32 Å². The summed E-state index contributed by atoms with van der Waals surface area (Å²) in [5.74, 6) is 1.59. The lowest BCUT2D eigenvalue weighted by Crippen LogP contribution is -2.50. The van der Waals surface area contributed by atoms with Gasteiger partial charge in [-0.15, -0.1) is 0 Å². The van der Waals surface area contributed by atoms with Crippen molar-refractivity contribution in [3.63, 3.8) is 0 Å². The van der Waals surface area contributed by atoms with Gasteiger partial charge in [-0.1, -0.05) is 27.7 Å². The predicted octanol–water partition coefficient (Wildman–Crippen LogP) is 2.74. The second-order valence-corrected chi connectivity index (χ2v) is 5.76. The molecule has 0 aromatic carbocycles. The summed E-state index contributed by atoms with van der Waals surface area (Å²) in [6.45, 7) is 15.2. The summed E-state index contributed by atoms with van der Waals surface area (Å²) in [7, 11) is 0. The van der Waals surface area contributed by atoms with Gasteiger partial charge in [0.05, 0.1) is 0 Å². The van der Waals surface area contributed by atoms with Gasteiger partial charge in [0.2, 0.25) is 0 Å². The van der Waals surface area contributed by atoms with Gasteiger partial charge in [0.15, 0.2) is 0 Å². The van der Waals surface area contributed by atoms with Crippen molar-refractivity contribution >= 4 is 0 Å². The molecule has 1 N–H and O–H groups in total. The molecule has 1 fully saturated rings. The second kappa shape index (κ2) is 6.61. The molecular formula is C14H30N2. The number of piperidine rings is 1. The zero-order valence-corrected chi connectivity index (χ0v) is 11.8. The minimum Gasteiger partial charge on any atom is -0.313 e. The fraction of sp³-hybridized carbons (Fsp3) is 1.00. The Bertz CT molecular complexity index is 191. The van der Waals surface area contributed by atoms with Crippen LogP contribution in [0.15, 0.2) is 0 Å². The molecule has 96 valence electrons. The zero-order valence-electron chi connectivity index (χ0n) is 11.8. The molecule has 0 radical (unpaired) electrons. The van der Waals surface area contributed by atoms with E-state index in [9.17, 15) is 0 Å². The minimum absolute atomic E-state index is 0.651. The molecule has 1 aliphatic rings. The van der Waals surface area contributed by atoms with Gasteiger partial charge in [-0.25, -0.2) is 0 Å². The zero-order chi connectivity index (χ0) is 12.1. The fourth-order valence-corrected chi connectivity index (χ4v) is 2.70. The van der Waals surface area contributed by atoms with Gasteiger partial charge in [0, 0.05) is 18.6 Å². The van der Waals surface area contributed by atoms with Crippen LogP contribution < -0.4 is 5.32 Å². The molecule has 0 bridgehead atoms. The third-order valence-electron chi connectivity index (χ3n) is 4.21. The lowest BCUT2D eigenvalue weighted by Gasteiger charge is -2.40. The van der Waals surface area contributed by atoms with E-state index in [0.29, 0.717) is 6.04 Å². The summed E-state index contributed by atoms with van der Waals surface area (Å²) in [5.41, 5.74) is 0. The van der Waals surface area contributed by atoms with Crippen molar-refractivity contribution in [1.29, 1.82) is 0 Å². The number of likely N-dealkylation sites (N-methyl/N-ethyl adjacent to an activating group) is 1. The predicted molar refractivity (Wildman–Crippen MR) is 71.7 cm³/mol. The van der Waals surface area contributed by atoms with Crippen LogP contribution in [0.3, 0.4) is 0 Å². The van der Waals surface area contributed by atoms with Crippen LogP contribution in [0, 0.1) is 11.8 Å². The van der Waals surface area contributed by atoms with Gasteiger partial charge in [0.25, 0.3) is 0 Å². The van der Waals surface area contributed by atoms with E-state index in [4.69, 9.17) is 0 Å². The maximum Gasteiger partial charge on any atom is 0.0217 e. The van der Waals surface area contributed by atoms with Crippen molar-refractivity contribution in [3.8, 4) is 0 Å². The highest BCUT2D eigenvalue weighted by molar-refractivity contribution is 4.83. The third kappa shape index (κ3) is 3.74. The maximum absolute atomic E-state index is 3.62. The first-order chi connectivity index (χ1) is 7.56. The van der Waals surface area contributed by atoms with Gasteiger partial charge in [-0.3, -0.25) is 4.90 Å². The minimum atomic E-state index is 0.651. The van der Waals surface area contributed by atoms with Crippen molar-refractivity contribution < 1.29 is 0 Å². The molecule has 0 amide bonds. The third-order valence-corrected chi connectivity index (χ3v) is 4.21. The number of nitrogens with zero attached hydrogens (tertiary/aromatic N) is 1. The number of hydrogen-bond acceptors (Lipinski definition) is 2. The molecule has 2 nitrogen and oxygen atoms in total. The average molecular weight is 226 g/mol. The Morgan fingerprint density at radius 1 is 1.31 bits per heavy atom. The van der Waals surface area contributed by atoms with E-state index in [2.05, 4.69) is 44.8 Å². The van der Waals surface area contributed by atoms with Gasteiger partial charge in [-0.2, -0.15) is 0 Å². The highest BCUT2D eigenvalue weighted by Crippen LogP contribution is 2.23. The summed E-state index contributed by atoms with van der Waals surface area (Å²) >= 11 is 0. The molecule has 3 atom stereocenters. The average Bonchev–Trinajstić information content (AvgIpc) is 2.23. The second-order valence-electron chi connectivity index (χ2n) is 5.76. The normalized spacial score (nSPS) is 29.6. The molecule has 0 spiro atoms. The van der Waals surface area contributed by atoms with E-state index in [1.54, 1.807) is 0 Å². The van der Waals surface area contributed by atoms with E-state index >= 15 is 0 Å². The Labute approximate surface area is 102 Å². The van der Waals surface area contributed by atoms with Crippen LogP contribution in [0.5, 0.6) is 0 Å². The Morgan fingerprint density at radius 3 is 2.56 bits per heavy atom. The number of likely N-dealkylation sites (tertiary alicyclic amines) is 1. The summed E-state index contributed by atoms with van der Waals surface area (Å²) in [5, 5.41) is 3.62. The van der Waals surface area contributed by atoms with Gasteiger partial charge in [-0.05, 0) is 44.7 Å². The highest BCUT2D eigenvalue weighted by atomic mass is 15.2. The fourth-order valence-electron chi connectivity index (χ4n) is 2.70. The van der Waals surface area contributed by atoms with E-state index in [1.807, 2.05) is 0 Å². The highest BCUT2D eigenvalue weighted by Gasteiger charge is 2.27. The van der Waals surface area contributed by atoms with E-state index in [1.165, 1.54) is 25.9 Å². The number of nitrogens with one attached hydrogen (secondary N) is 1. The van der Waals surface area contributed by atoms with Crippen LogP contribution in [-0.4, -0.2) is 36.6 Å². The molecule has 3 unspecified atom stereocenters. The summed E-state index contributed by atoms with van der Waals surface area (Å²) < 4.78 is 0. The van der Waals surface area contributed by atoms with E-state index in [0.717, 1.165) is 24.4 Å². The van der Waals surface area contributed by atoms with Crippen LogP contribution in [0.25, 0.3) is 0 Å². The number of hydrogen-bond donors (Lipinski definition) is 1. The molecule has 2 heteroatoms. The molecule has 1 rings (SSSR count). The molecule has 16 heavy (non-hydrogen) atoms. The van der Waals surface area contributed by atoms with Crippen LogP contribution in [0.2, 0.25) is 0 Å². The lowest BCUT2D eigenvalue weighted by atomic mass is 9.91. The Balaban J connectivity index is 2.49. The summed E-state index contributed by atoms with van der Waals surface area (Å²) in [4.78, 5) is 2.68. The molecule has 1 aliphatic heterocycles. The van der Waals surface area contributed by atoms with Gasteiger partial charge >= 0.3 is 0 Å². The van der Waals surface area contributed by atoms with E-state index in [-0.39, 0.29) is 0 Å². The maximum atomic E-state index is 3.62. The molecular weight excluding hydrogens is 196 g/mol. The molecule has 0 aromatic heterocycles. The first-order valence-corrected chi connectivity index (χ1v) is 7.03. The van der Waals surface area contributed by atoms with Gasteiger partial charge in [0.1, 0.15) is 0 Å². The van der Waals surface area contributed by atoms with Crippen molar-refractivity contribution in [2.24, 2.45) is 11.8 Å². The van der Waals surface area contributed by atoms with Crippen LogP contribution >= 0.6 is 0 Å². The first-order valence-electron chi connectivity index (χ1n) is 7.03. The molecule has 0 aliphatic carbocycles. The number of rotatable bonds is 5.